The van der Waals surface area contributed by atoms with Crippen LogP contribution in [0, 0.1) is 6.92 Å². The quantitative estimate of drug-likeness (QED) is 0.847. The summed E-state index contributed by atoms with van der Waals surface area (Å²) in [6, 6.07) is 2.51. The maximum absolute atomic E-state index is 12.2. The summed E-state index contributed by atoms with van der Waals surface area (Å²) in [5.41, 5.74) is -0.467. The highest BCUT2D eigenvalue weighted by atomic mass is 32.2. The van der Waals surface area contributed by atoms with E-state index in [-0.39, 0.29) is 5.97 Å². The number of carbonyl (C=O) groups is 1. The van der Waals surface area contributed by atoms with Crippen molar-refractivity contribution in [3.63, 3.8) is 0 Å². The molecular weight excluding hydrogens is 274 g/mol. The van der Waals surface area contributed by atoms with E-state index >= 15 is 0 Å². The zero-order valence-electron chi connectivity index (χ0n) is 12.0. The second kappa shape index (κ2) is 5.45. The highest BCUT2D eigenvalue weighted by Crippen LogP contribution is 2.43. The summed E-state index contributed by atoms with van der Waals surface area (Å²) in [5.74, 6) is 0.858. The van der Waals surface area contributed by atoms with Gasteiger partial charge in [-0.1, -0.05) is 0 Å². The van der Waals surface area contributed by atoms with Crippen LogP contribution in [0.3, 0.4) is 0 Å². The molecule has 2 aliphatic carbocycles. The Hall–Kier alpha value is -0.940. The maximum Gasteiger partial charge on any atom is 0.326 e. The number of hydrogen-bond donors (Lipinski definition) is 1. The number of carbonyl (C=O) groups excluding carboxylic acids is 1. The lowest BCUT2D eigenvalue weighted by Gasteiger charge is -2.27. The number of ether oxygens (including phenoxy) is 1. The SMILES string of the molecule is COC(=O)C1(NC2CC2)CCC(Sc2ccoc2C)C1. The fourth-order valence-corrected chi connectivity index (χ4v) is 4.28. The lowest BCUT2D eigenvalue weighted by atomic mass is 9.97. The first kappa shape index (κ1) is 14.0. The zero-order chi connectivity index (χ0) is 14.2. The van der Waals surface area contributed by atoms with Crippen molar-refractivity contribution < 1.29 is 13.9 Å². The first-order chi connectivity index (χ1) is 9.63. The van der Waals surface area contributed by atoms with Gasteiger partial charge >= 0.3 is 5.97 Å². The van der Waals surface area contributed by atoms with E-state index in [1.165, 1.54) is 24.8 Å². The number of rotatable bonds is 5. The molecule has 2 atom stereocenters. The number of esters is 1. The van der Waals surface area contributed by atoms with Crippen LogP contribution in [0.15, 0.2) is 21.6 Å². The lowest BCUT2D eigenvalue weighted by molar-refractivity contribution is -0.148. The topological polar surface area (TPSA) is 51.5 Å². The molecule has 3 rings (SSSR count). The van der Waals surface area contributed by atoms with Gasteiger partial charge in [0.15, 0.2) is 0 Å². The third-order valence-corrected chi connectivity index (χ3v) is 5.62. The minimum Gasteiger partial charge on any atom is -0.468 e. The molecule has 5 heteroatoms. The van der Waals surface area contributed by atoms with Crippen LogP contribution in [0.25, 0.3) is 0 Å². The minimum absolute atomic E-state index is 0.101. The molecule has 2 fully saturated rings. The Morgan fingerprint density at radius 3 is 2.90 bits per heavy atom. The predicted octanol–water partition coefficient (Wildman–Crippen LogP) is 2.90. The Labute approximate surface area is 123 Å². The fourth-order valence-electron chi connectivity index (χ4n) is 2.97. The van der Waals surface area contributed by atoms with E-state index in [9.17, 15) is 4.79 Å². The van der Waals surface area contributed by atoms with Crippen LogP contribution < -0.4 is 5.32 Å². The van der Waals surface area contributed by atoms with Gasteiger partial charge in [-0.2, -0.15) is 0 Å². The lowest BCUT2D eigenvalue weighted by Crippen LogP contribution is -2.52. The van der Waals surface area contributed by atoms with E-state index in [4.69, 9.17) is 9.15 Å². The highest BCUT2D eigenvalue weighted by molar-refractivity contribution is 8.00. The van der Waals surface area contributed by atoms with Gasteiger partial charge in [0.1, 0.15) is 11.3 Å². The Balaban J connectivity index is 1.68. The number of thioether (sulfide) groups is 1. The summed E-state index contributed by atoms with van der Waals surface area (Å²) < 4.78 is 10.4. The normalized spacial score (nSPS) is 29.6. The second-order valence-electron chi connectivity index (χ2n) is 5.82. The summed E-state index contributed by atoms with van der Waals surface area (Å²) in [4.78, 5) is 13.4. The van der Waals surface area contributed by atoms with Gasteiger partial charge in [0.25, 0.3) is 0 Å². The Kier molecular flexibility index (Phi) is 3.82. The standard InChI is InChI=1S/C15H21NO3S/c1-10-13(6-8-19-10)20-12-5-7-15(9-12,14(17)18-2)16-11-3-4-11/h6,8,11-12,16H,3-5,7,9H2,1-2H3. The van der Waals surface area contributed by atoms with Crippen LogP contribution in [0.1, 0.15) is 37.9 Å². The van der Waals surface area contributed by atoms with E-state index in [2.05, 4.69) is 5.32 Å². The van der Waals surface area contributed by atoms with Gasteiger partial charge in [-0.05, 0) is 45.1 Å². The van der Waals surface area contributed by atoms with Crippen molar-refractivity contribution in [3.8, 4) is 0 Å². The van der Waals surface area contributed by atoms with Gasteiger partial charge in [-0.25, -0.2) is 0 Å². The van der Waals surface area contributed by atoms with E-state index < -0.39 is 5.54 Å². The van der Waals surface area contributed by atoms with Crippen molar-refractivity contribution in [2.75, 3.05) is 7.11 Å². The number of nitrogens with one attached hydrogen (secondary N) is 1. The average molecular weight is 295 g/mol. The van der Waals surface area contributed by atoms with Crippen LogP contribution in [0.2, 0.25) is 0 Å². The first-order valence-corrected chi connectivity index (χ1v) is 8.08. The molecule has 0 aliphatic heterocycles. The molecule has 1 heterocycles. The van der Waals surface area contributed by atoms with Gasteiger partial charge in [0, 0.05) is 16.2 Å². The van der Waals surface area contributed by atoms with Crippen LogP contribution in [0.4, 0.5) is 0 Å². The van der Waals surface area contributed by atoms with Gasteiger partial charge in [-0.15, -0.1) is 11.8 Å². The van der Waals surface area contributed by atoms with Crippen LogP contribution >= 0.6 is 11.8 Å². The molecule has 0 bridgehead atoms. The maximum atomic E-state index is 12.2. The van der Waals surface area contributed by atoms with Gasteiger partial charge < -0.3 is 9.15 Å². The summed E-state index contributed by atoms with van der Waals surface area (Å²) in [5, 5.41) is 3.97. The van der Waals surface area contributed by atoms with Crippen LogP contribution in [-0.2, 0) is 9.53 Å². The minimum atomic E-state index is -0.467. The van der Waals surface area contributed by atoms with Crippen molar-refractivity contribution >= 4 is 17.7 Å². The third kappa shape index (κ3) is 2.74. The van der Waals surface area contributed by atoms with E-state index in [1.54, 1.807) is 6.26 Å². The largest absolute Gasteiger partial charge is 0.468 e. The zero-order valence-corrected chi connectivity index (χ0v) is 12.8. The van der Waals surface area contributed by atoms with Crippen molar-refractivity contribution in [2.45, 2.75) is 60.8 Å². The third-order valence-electron chi connectivity index (χ3n) is 4.21. The van der Waals surface area contributed by atoms with Crippen LogP contribution in [0.5, 0.6) is 0 Å². The average Bonchev–Trinajstić information content (AvgIpc) is 3.02. The smallest absolute Gasteiger partial charge is 0.326 e. The van der Waals surface area contributed by atoms with E-state index in [0.29, 0.717) is 11.3 Å². The molecule has 20 heavy (non-hydrogen) atoms. The Morgan fingerprint density at radius 1 is 1.50 bits per heavy atom. The molecule has 110 valence electrons. The molecule has 2 aliphatic rings. The van der Waals surface area contributed by atoms with E-state index in [1.807, 2.05) is 24.8 Å². The molecule has 1 N–H and O–H groups in total. The van der Waals surface area contributed by atoms with Gasteiger partial charge in [0.05, 0.1) is 13.4 Å². The predicted molar refractivity (Wildman–Crippen MR) is 77.8 cm³/mol. The molecular formula is C15H21NO3S. The molecule has 0 amide bonds. The molecule has 1 aromatic heterocycles. The van der Waals surface area contributed by atoms with Crippen molar-refractivity contribution in [3.05, 3.63) is 18.1 Å². The summed E-state index contributed by atoms with van der Waals surface area (Å²) in [7, 11) is 1.49. The molecule has 0 saturated heterocycles. The summed E-state index contributed by atoms with van der Waals surface area (Å²) >= 11 is 1.82. The molecule has 2 saturated carbocycles. The molecule has 0 spiro atoms. The van der Waals surface area contributed by atoms with Gasteiger partial charge in [-0.3, -0.25) is 10.1 Å². The first-order valence-electron chi connectivity index (χ1n) is 7.20. The second-order valence-corrected chi connectivity index (χ2v) is 7.16. The molecule has 4 nitrogen and oxygen atoms in total. The van der Waals surface area contributed by atoms with E-state index in [0.717, 1.165) is 25.0 Å². The molecule has 1 aromatic rings. The number of methoxy groups -OCH3 is 1. The number of hydrogen-bond acceptors (Lipinski definition) is 5. The molecule has 2 unspecified atom stereocenters. The van der Waals surface area contributed by atoms with Crippen LogP contribution in [-0.4, -0.2) is 29.9 Å². The van der Waals surface area contributed by atoms with Crippen molar-refractivity contribution in [2.24, 2.45) is 0 Å². The fraction of sp³-hybridized carbons (Fsp3) is 0.667. The summed E-state index contributed by atoms with van der Waals surface area (Å²) in [6.45, 7) is 1.98. The Bertz CT molecular complexity index is 497. The highest BCUT2D eigenvalue weighted by Gasteiger charge is 2.49. The number of aryl methyl sites for hydroxylation is 1. The van der Waals surface area contributed by atoms with Gasteiger partial charge in [0.2, 0.25) is 0 Å². The van der Waals surface area contributed by atoms with Crippen molar-refractivity contribution in [1.82, 2.24) is 5.32 Å². The van der Waals surface area contributed by atoms with Crippen molar-refractivity contribution in [1.29, 1.82) is 0 Å². The Morgan fingerprint density at radius 2 is 2.30 bits per heavy atom. The monoisotopic (exact) mass is 295 g/mol. The molecule has 0 aromatic carbocycles. The summed E-state index contributed by atoms with van der Waals surface area (Å²) in [6.07, 6.45) is 6.82. The number of furan rings is 1. The molecule has 0 radical (unpaired) electrons.